The summed E-state index contributed by atoms with van der Waals surface area (Å²) in [6.07, 6.45) is 0. The lowest BCUT2D eigenvalue weighted by Crippen LogP contribution is -2.21. The molecule has 0 spiro atoms. The molecule has 6 N–H and O–H groups in total. The highest BCUT2D eigenvalue weighted by Gasteiger charge is 2.18. The number of hydrogen-bond donors (Lipinski definition) is 4. The third-order valence-corrected chi connectivity index (χ3v) is 1.99. The Morgan fingerprint density at radius 3 is 2.50 bits per heavy atom. The van der Waals surface area contributed by atoms with Gasteiger partial charge in [0.15, 0.2) is 0 Å². The minimum atomic E-state index is -1.42. The predicted octanol–water partition coefficient (Wildman–Crippen LogP) is 0.610. The van der Waals surface area contributed by atoms with Crippen LogP contribution < -0.4 is 11.5 Å². The molecule has 1 aromatic rings. The molecule has 90 valence electrons. The average molecular weight is 251 g/mol. The quantitative estimate of drug-likeness (QED) is 0.628. The molecule has 7 heteroatoms. The van der Waals surface area contributed by atoms with E-state index in [1.54, 1.807) is 0 Å². The smallest absolute Gasteiger partial charge is 0.339 e. The molecule has 0 aliphatic rings. The van der Waals surface area contributed by atoms with Crippen molar-refractivity contribution >= 4 is 18.4 Å². The lowest BCUT2D eigenvalue weighted by Gasteiger charge is -2.12. The van der Waals surface area contributed by atoms with Gasteiger partial charge in [-0.25, -0.2) is 9.18 Å². The average Bonchev–Trinajstić information content (AvgIpc) is 2.19. The number of rotatable bonds is 3. The number of hydrogen-bond acceptors (Lipinski definition) is 4. The van der Waals surface area contributed by atoms with Gasteiger partial charge in [0.1, 0.15) is 17.1 Å². The number of nitrogens with two attached hydrogens (primary N) is 2. The molecule has 0 amide bonds. The van der Waals surface area contributed by atoms with E-state index in [0.29, 0.717) is 0 Å². The standard InChI is InChI=1S/C9H11FN2O3.ClH/c10-4-1-5(7(12)3-11)8(13)6(2-4)9(14)15;/h1-2,7,13H,3,11-12H2,(H,14,15);1H/t7-;/m1./s1. The van der Waals surface area contributed by atoms with E-state index in [4.69, 9.17) is 16.6 Å². The van der Waals surface area contributed by atoms with Gasteiger partial charge >= 0.3 is 5.97 Å². The maximum Gasteiger partial charge on any atom is 0.339 e. The van der Waals surface area contributed by atoms with Crippen LogP contribution in [0.2, 0.25) is 0 Å². The van der Waals surface area contributed by atoms with Crippen LogP contribution in [0.25, 0.3) is 0 Å². The van der Waals surface area contributed by atoms with Gasteiger partial charge in [0.25, 0.3) is 0 Å². The summed E-state index contributed by atoms with van der Waals surface area (Å²) >= 11 is 0. The van der Waals surface area contributed by atoms with Crippen LogP contribution in [-0.4, -0.2) is 22.7 Å². The zero-order valence-corrected chi connectivity index (χ0v) is 9.00. The Morgan fingerprint density at radius 2 is 2.06 bits per heavy atom. The number of carboxylic acid groups (broad SMARTS) is 1. The van der Waals surface area contributed by atoms with Gasteiger partial charge in [-0.2, -0.15) is 0 Å². The molecule has 1 atom stereocenters. The van der Waals surface area contributed by atoms with Crippen molar-refractivity contribution in [1.29, 1.82) is 0 Å². The maximum atomic E-state index is 13.0. The maximum absolute atomic E-state index is 13.0. The molecule has 0 aromatic heterocycles. The number of carboxylic acids is 1. The molecular formula is C9H12ClFN2O3. The Bertz CT molecular complexity index is 401. The molecule has 0 fully saturated rings. The number of aromatic hydroxyl groups is 1. The first-order valence-electron chi connectivity index (χ1n) is 4.18. The largest absolute Gasteiger partial charge is 0.507 e. The van der Waals surface area contributed by atoms with E-state index in [2.05, 4.69) is 0 Å². The molecule has 0 saturated carbocycles. The van der Waals surface area contributed by atoms with Crippen LogP contribution in [0.5, 0.6) is 5.75 Å². The lowest BCUT2D eigenvalue weighted by atomic mass is 10.0. The number of halogens is 2. The first-order chi connectivity index (χ1) is 6.97. The number of aromatic carboxylic acids is 1. The fraction of sp³-hybridized carbons (Fsp3) is 0.222. The predicted molar refractivity (Wildman–Crippen MR) is 58.3 cm³/mol. The second-order valence-electron chi connectivity index (χ2n) is 3.04. The molecule has 0 heterocycles. The van der Waals surface area contributed by atoms with Crippen LogP contribution in [0.3, 0.4) is 0 Å². The Morgan fingerprint density at radius 1 is 1.50 bits per heavy atom. The lowest BCUT2D eigenvalue weighted by molar-refractivity contribution is 0.0693. The van der Waals surface area contributed by atoms with Crippen molar-refractivity contribution in [2.45, 2.75) is 6.04 Å². The highest BCUT2D eigenvalue weighted by Crippen LogP contribution is 2.27. The molecule has 0 aliphatic carbocycles. The summed E-state index contributed by atoms with van der Waals surface area (Å²) in [6, 6.07) is 0.905. The molecule has 0 bridgehead atoms. The summed E-state index contributed by atoms with van der Waals surface area (Å²) in [6.45, 7) is -0.0178. The summed E-state index contributed by atoms with van der Waals surface area (Å²) in [5.41, 5.74) is 10.2. The normalized spacial score (nSPS) is 11.7. The van der Waals surface area contributed by atoms with Crippen LogP contribution >= 0.6 is 12.4 Å². The van der Waals surface area contributed by atoms with E-state index < -0.39 is 29.1 Å². The van der Waals surface area contributed by atoms with Crippen molar-refractivity contribution in [3.63, 3.8) is 0 Å². The van der Waals surface area contributed by atoms with E-state index in [1.165, 1.54) is 0 Å². The highest BCUT2D eigenvalue weighted by atomic mass is 35.5. The van der Waals surface area contributed by atoms with Gasteiger partial charge in [-0.15, -0.1) is 12.4 Å². The van der Waals surface area contributed by atoms with Gasteiger partial charge in [-0.05, 0) is 12.1 Å². The van der Waals surface area contributed by atoms with Crippen molar-refractivity contribution in [2.24, 2.45) is 11.5 Å². The summed E-state index contributed by atoms with van der Waals surface area (Å²) in [5.74, 6) is -2.73. The molecule has 0 radical (unpaired) electrons. The third-order valence-electron chi connectivity index (χ3n) is 1.99. The zero-order chi connectivity index (χ0) is 11.6. The van der Waals surface area contributed by atoms with Crippen molar-refractivity contribution in [3.8, 4) is 5.75 Å². The van der Waals surface area contributed by atoms with Crippen molar-refractivity contribution in [1.82, 2.24) is 0 Å². The van der Waals surface area contributed by atoms with E-state index in [1.807, 2.05) is 0 Å². The van der Waals surface area contributed by atoms with Crippen molar-refractivity contribution in [3.05, 3.63) is 29.1 Å². The second-order valence-corrected chi connectivity index (χ2v) is 3.04. The topological polar surface area (TPSA) is 110 Å². The van der Waals surface area contributed by atoms with Gasteiger partial charge < -0.3 is 21.7 Å². The molecule has 0 unspecified atom stereocenters. The van der Waals surface area contributed by atoms with E-state index >= 15 is 0 Å². The Balaban J connectivity index is 0.00000225. The Labute approximate surface area is 97.3 Å². The van der Waals surface area contributed by atoms with Gasteiger partial charge in [0.05, 0.1) is 0 Å². The molecule has 0 aliphatic heterocycles. The third kappa shape index (κ3) is 2.82. The number of carbonyl (C=O) groups is 1. The number of phenols is 1. The first-order valence-corrected chi connectivity index (χ1v) is 4.18. The van der Waals surface area contributed by atoms with Crippen molar-refractivity contribution in [2.75, 3.05) is 6.54 Å². The molecule has 5 nitrogen and oxygen atoms in total. The van der Waals surface area contributed by atoms with Gasteiger partial charge in [0, 0.05) is 18.2 Å². The SMILES string of the molecule is Cl.NC[C@@H](N)c1cc(F)cc(C(=O)O)c1O. The van der Waals surface area contributed by atoms with Crippen LogP contribution in [0.15, 0.2) is 12.1 Å². The molecule has 16 heavy (non-hydrogen) atoms. The monoisotopic (exact) mass is 250 g/mol. The van der Waals surface area contributed by atoms with E-state index in [9.17, 15) is 14.3 Å². The van der Waals surface area contributed by atoms with Crippen LogP contribution in [0, 0.1) is 5.82 Å². The first kappa shape index (κ1) is 14.6. The Kier molecular flexibility index (Phi) is 5.16. The van der Waals surface area contributed by atoms with Crippen LogP contribution in [-0.2, 0) is 0 Å². The van der Waals surface area contributed by atoms with Crippen LogP contribution in [0.4, 0.5) is 4.39 Å². The Hall–Kier alpha value is -1.37. The highest BCUT2D eigenvalue weighted by molar-refractivity contribution is 5.91. The summed E-state index contributed by atoms with van der Waals surface area (Å²) in [5, 5.41) is 18.2. The fourth-order valence-corrected chi connectivity index (χ4v) is 1.19. The molecule has 0 saturated heterocycles. The number of benzene rings is 1. The van der Waals surface area contributed by atoms with E-state index in [-0.39, 0.29) is 24.5 Å². The van der Waals surface area contributed by atoms with Gasteiger partial charge in [-0.3, -0.25) is 0 Å². The fourth-order valence-electron chi connectivity index (χ4n) is 1.19. The zero-order valence-electron chi connectivity index (χ0n) is 8.18. The molecule has 1 rings (SSSR count). The summed E-state index contributed by atoms with van der Waals surface area (Å²) in [7, 11) is 0. The van der Waals surface area contributed by atoms with E-state index in [0.717, 1.165) is 12.1 Å². The minimum absolute atomic E-state index is 0. The minimum Gasteiger partial charge on any atom is -0.507 e. The second kappa shape index (κ2) is 5.64. The van der Waals surface area contributed by atoms with Crippen LogP contribution in [0.1, 0.15) is 22.0 Å². The molecule has 1 aromatic carbocycles. The van der Waals surface area contributed by atoms with Gasteiger partial charge in [-0.1, -0.05) is 0 Å². The van der Waals surface area contributed by atoms with Crippen molar-refractivity contribution < 1.29 is 19.4 Å². The molecular weight excluding hydrogens is 239 g/mol. The summed E-state index contributed by atoms with van der Waals surface area (Å²) < 4.78 is 13.0. The van der Waals surface area contributed by atoms with Gasteiger partial charge in [0.2, 0.25) is 0 Å². The summed E-state index contributed by atoms with van der Waals surface area (Å²) in [4.78, 5) is 10.6.